The Balaban J connectivity index is 4.13. The topological polar surface area (TPSA) is 46.5 Å². The monoisotopic (exact) mass is 200 g/mol. The molecule has 0 saturated carbocycles. The zero-order chi connectivity index (χ0) is 11.2. The molecule has 1 unspecified atom stereocenters. The Labute approximate surface area is 85.8 Å². The summed E-state index contributed by atoms with van der Waals surface area (Å²) in [5.41, 5.74) is -0.823. The number of esters is 1. The second-order valence-electron chi connectivity index (χ2n) is 3.95. The van der Waals surface area contributed by atoms with Crippen molar-refractivity contribution in [1.82, 2.24) is 0 Å². The Morgan fingerprint density at radius 1 is 1.64 bits per heavy atom. The van der Waals surface area contributed by atoms with Crippen LogP contribution in [-0.4, -0.2) is 24.3 Å². The van der Waals surface area contributed by atoms with Crippen molar-refractivity contribution < 1.29 is 14.6 Å². The molecule has 1 N–H and O–H groups in total. The lowest BCUT2D eigenvalue weighted by Crippen LogP contribution is -2.38. The van der Waals surface area contributed by atoms with Gasteiger partial charge in [-0.1, -0.05) is 6.08 Å². The summed E-state index contributed by atoms with van der Waals surface area (Å²) in [6, 6.07) is 0. The molecular weight excluding hydrogens is 180 g/mol. The van der Waals surface area contributed by atoms with Gasteiger partial charge in [0, 0.05) is 0 Å². The van der Waals surface area contributed by atoms with E-state index in [2.05, 4.69) is 11.3 Å². The minimum absolute atomic E-state index is 0.372. The maximum atomic E-state index is 11.3. The lowest BCUT2D eigenvalue weighted by atomic mass is 9.84. The molecule has 0 saturated heterocycles. The number of allylic oxidation sites excluding steroid dienone is 1. The Morgan fingerprint density at radius 3 is 2.64 bits per heavy atom. The maximum absolute atomic E-state index is 11.3. The molecule has 0 radical (unpaired) electrons. The van der Waals surface area contributed by atoms with Crippen LogP contribution in [-0.2, 0) is 9.53 Å². The van der Waals surface area contributed by atoms with E-state index in [0.717, 1.165) is 12.8 Å². The number of aliphatic hydroxyl groups is 1. The minimum Gasteiger partial charge on any atom is -0.469 e. The van der Waals surface area contributed by atoms with Crippen molar-refractivity contribution in [1.29, 1.82) is 0 Å². The highest BCUT2D eigenvalue weighted by Gasteiger charge is 2.36. The molecule has 3 nitrogen and oxygen atoms in total. The van der Waals surface area contributed by atoms with Crippen LogP contribution in [0.4, 0.5) is 0 Å². The van der Waals surface area contributed by atoms with Crippen molar-refractivity contribution in [3.05, 3.63) is 12.7 Å². The molecule has 82 valence electrons. The first kappa shape index (κ1) is 13.2. The molecule has 0 spiro atoms. The quantitative estimate of drug-likeness (QED) is 0.404. The SMILES string of the molecule is C=CCCCC(O)C(C)(C)C(=O)OC. The Hall–Kier alpha value is -0.830. The zero-order valence-corrected chi connectivity index (χ0v) is 9.25. The average molecular weight is 200 g/mol. The summed E-state index contributed by atoms with van der Waals surface area (Å²) < 4.78 is 4.62. The molecule has 1 atom stereocenters. The van der Waals surface area contributed by atoms with Crippen molar-refractivity contribution in [2.24, 2.45) is 5.41 Å². The smallest absolute Gasteiger partial charge is 0.313 e. The van der Waals surface area contributed by atoms with Gasteiger partial charge in [-0.05, 0) is 33.1 Å². The third kappa shape index (κ3) is 3.50. The third-order valence-corrected chi connectivity index (χ3v) is 2.43. The molecule has 0 aromatic heterocycles. The predicted octanol–water partition coefficient (Wildman–Crippen LogP) is 1.90. The van der Waals surface area contributed by atoms with E-state index in [0.29, 0.717) is 6.42 Å². The van der Waals surface area contributed by atoms with Gasteiger partial charge in [0.1, 0.15) is 0 Å². The van der Waals surface area contributed by atoms with E-state index < -0.39 is 11.5 Å². The Morgan fingerprint density at radius 2 is 2.21 bits per heavy atom. The average Bonchev–Trinajstić information content (AvgIpc) is 2.16. The fourth-order valence-corrected chi connectivity index (χ4v) is 1.22. The van der Waals surface area contributed by atoms with E-state index >= 15 is 0 Å². The number of aliphatic hydroxyl groups excluding tert-OH is 1. The van der Waals surface area contributed by atoms with Crippen LogP contribution < -0.4 is 0 Å². The molecule has 0 fully saturated rings. The maximum Gasteiger partial charge on any atom is 0.313 e. The molecule has 0 aromatic rings. The zero-order valence-electron chi connectivity index (χ0n) is 9.25. The lowest BCUT2D eigenvalue weighted by Gasteiger charge is -2.27. The summed E-state index contributed by atoms with van der Waals surface area (Å²) in [5, 5.41) is 9.77. The van der Waals surface area contributed by atoms with Crippen molar-refractivity contribution in [3.63, 3.8) is 0 Å². The first-order chi connectivity index (χ1) is 6.46. The van der Waals surface area contributed by atoms with Gasteiger partial charge in [0.15, 0.2) is 0 Å². The summed E-state index contributed by atoms with van der Waals surface area (Å²) >= 11 is 0. The minimum atomic E-state index is -0.823. The van der Waals surface area contributed by atoms with Gasteiger partial charge in [-0.15, -0.1) is 6.58 Å². The van der Waals surface area contributed by atoms with E-state index in [1.165, 1.54) is 7.11 Å². The van der Waals surface area contributed by atoms with Crippen molar-refractivity contribution in [3.8, 4) is 0 Å². The van der Waals surface area contributed by atoms with Crippen molar-refractivity contribution in [2.75, 3.05) is 7.11 Å². The highest BCUT2D eigenvalue weighted by Crippen LogP contribution is 2.25. The second-order valence-corrected chi connectivity index (χ2v) is 3.95. The summed E-state index contributed by atoms with van der Waals surface area (Å²) in [4.78, 5) is 11.3. The van der Waals surface area contributed by atoms with Gasteiger partial charge < -0.3 is 9.84 Å². The Bertz CT molecular complexity index is 197. The number of ether oxygens (including phenoxy) is 1. The molecule has 0 amide bonds. The normalized spacial score (nSPS) is 13.4. The number of rotatable bonds is 6. The van der Waals surface area contributed by atoms with Gasteiger partial charge in [-0.25, -0.2) is 0 Å². The van der Waals surface area contributed by atoms with E-state index in [-0.39, 0.29) is 5.97 Å². The first-order valence-electron chi connectivity index (χ1n) is 4.84. The van der Waals surface area contributed by atoms with Gasteiger partial charge in [0.2, 0.25) is 0 Å². The molecule has 0 heterocycles. The van der Waals surface area contributed by atoms with Crippen LogP contribution in [0, 0.1) is 5.41 Å². The first-order valence-corrected chi connectivity index (χ1v) is 4.84. The molecule has 0 aliphatic heterocycles. The van der Waals surface area contributed by atoms with Crippen LogP contribution in [0.5, 0.6) is 0 Å². The van der Waals surface area contributed by atoms with Gasteiger partial charge in [0.25, 0.3) is 0 Å². The van der Waals surface area contributed by atoms with Gasteiger partial charge in [0.05, 0.1) is 18.6 Å². The van der Waals surface area contributed by atoms with Crippen molar-refractivity contribution >= 4 is 5.97 Å². The summed E-state index contributed by atoms with van der Waals surface area (Å²) in [6.45, 7) is 6.98. The third-order valence-electron chi connectivity index (χ3n) is 2.43. The summed E-state index contributed by atoms with van der Waals surface area (Å²) in [6.07, 6.45) is 3.43. The standard InChI is InChI=1S/C11H20O3/c1-5-6-7-8-9(12)11(2,3)10(13)14-4/h5,9,12H,1,6-8H2,2-4H3. The number of unbranched alkanes of at least 4 members (excludes halogenated alkanes) is 1. The van der Waals surface area contributed by atoms with Crippen LogP contribution in [0.3, 0.4) is 0 Å². The largest absolute Gasteiger partial charge is 0.469 e. The van der Waals surface area contributed by atoms with Gasteiger partial charge >= 0.3 is 5.97 Å². The number of hydrogen-bond donors (Lipinski definition) is 1. The van der Waals surface area contributed by atoms with Crippen LogP contribution in [0.2, 0.25) is 0 Å². The number of methoxy groups -OCH3 is 1. The summed E-state index contributed by atoms with van der Waals surface area (Å²) in [7, 11) is 1.33. The number of carbonyl (C=O) groups is 1. The van der Waals surface area contributed by atoms with Crippen LogP contribution in [0.1, 0.15) is 33.1 Å². The van der Waals surface area contributed by atoms with Gasteiger partial charge in [-0.3, -0.25) is 4.79 Å². The Kier molecular flexibility index (Phi) is 5.46. The number of carbonyl (C=O) groups excluding carboxylic acids is 1. The van der Waals surface area contributed by atoms with Crippen LogP contribution in [0.25, 0.3) is 0 Å². The fourth-order valence-electron chi connectivity index (χ4n) is 1.22. The summed E-state index contributed by atoms with van der Waals surface area (Å²) in [5.74, 6) is -0.372. The number of hydrogen-bond acceptors (Lipinski definition) is 3. The van der Waals surface area contributed by atoms with Crippen LogP contribution >= 0.6 is 0 Å². The van der Waals surface area contributed by atoms with E-state index in [4.69, 9.17) is 0 Å². The molecule has 14 heavy (non-hydrogen) atoms. The molecule has 0 bridgehead atoms. The highest BCUT2D eigenvalue weighted by atomic mass is 16.5. The van der Waals surface area contributed by atoms with Crippen LogP contribution in [0.15, 0.2) is 12.7 Å². The molecule has 0 aliphatic carbocycles. The molecule has 3 heteroatoms. The predicted molar refractivity (Wildman–Crippen MR) is 55.9 cm³/mol. The van der Waals surface area contributed by atoms with E-state index in [9.17, 15) is 9.90 Å². The van der Waals surface area contributed by atoms with E-state index in [1.807, 2.05) is 0 Å². The van der Waals surface area contributed by atoms with Gasteiger partial charge in [-0.2, -0.15) is 0 Å². The second kappa shape index (κ2) is 5.81. The molecule has 0 rings (SSSR count). The lowest BCUT2D eigenvalue weighted by molar-refractivity contribution is -0.157. The van der Waals surface area contributed by atoms with E-state index in [1.54, 1.807) is 19.9 Å². The molecular formula is C11H20O3. The molecule has 0 aromatic carbocycles. The molecule has 0 aliphatic rings. The van der Waals surface area contributed by atoms with Crippen molar-refractivity contribution in [2.45, 2.75) is 39.2 Å². The fraction of sp³-hybridized carbons (Fsp3) is 0.727. The highest BCUT2D eigenvalue weighted by molar-refractivity contribution is 5.76.